The Labute approximate surface area is 502 Å². The number of para-hydroxylation sites is 1. The van der Waals surface area contributed by atoms with Crippen molar-refractivity contribution >= 4 is 162 Å². The number of oxazole rings is 2. The fourth-order valence-electron chi connectivity index (χ4n) is 12.7. The summed E-state index contributed by atoms with van der Waals surface area (Å²) in [6.45, 7) is 4.22. The van der Waals surface area contributed by atoms with E-state index in [-0.39, 0.29) is 5.41 Å². The SMILES string of the molecule is CC1(C)c2cn[nH]c2-c2ncoc21.c1ccc2c(c1)cnc1c2ccc2c1ccc1oc3ccccc3c12.c1ccc2c(c1)cnc1c2ccc2c1ccc1sc3ccccc3c12.c1cnc2c(c1)ccc1cn[nH]c12.c1nc2c(ccc3cn[nH]c32)o1. The van der Waals surface area contributed by atoms with Crippen molar-refractivity contribution in [3.8, 4) is 11.4 Å². The summed E-state index contributed by atoms with van der Waals surface area (Å²) in [4.78, 5) is 22.1. The molecule has 1 aliphatic rings. The molecule has 0 radical (unpaired) electrons. The number of thiophene rings is 1. The van der Waals surface area contributed by atoms with Crippen molar-refractivity contribution in [3.05, 3.63) is 243 Å². The van der Waals surface area contributed by atoms with Gasteiger partial charge in [0.1, 0.15) is 28.1 Å². The van der Waals surface area contributed by atoms with E-state index in [2.05, 4.69) is 199 Å². The highest BCUT2D eigenvalue weighted by Gasteiger charge is 2.41. The molecule has 418 valence electrons. The van der Waals surface area contributed by atoms with Crippen molar-refractivity contribution < 1.29 is 13.3 Å². The zero-order chi connectivity index (χ0) is 58.5. The van der Waals surface area contributed by atoms with Crippen LogP contribution in [-0.2, 0) is 5.41 Å². The lowest BCUT2D eigenvalue weighted by Gasteiger charge is -2.15. The van der Waals surface area contributed by atoms with E-state index in [1.807, 2.05) is 78.6 Å². The molecular formula is C73H47N11O3S. The monoisotopic (exact) mass is 1160 g/mol. The normalized spacial score (nSPS) is 12.5. The van der Waals surface area contributed by atoms with Gasteiger partial charge < -0.3 is 13.3 Å². The number of rotatable bonds is 0. The molecule has 15 heteroatoms. The number of nitrogens with zero attached hydrogens (tertiary/aromatic N) is 8. The molecule has 0 amide bonds. The Hall–Kier alpha value is -11.7. The second-order valence-electron chi connectivity index (χ2n) is 22.3. The largest absolute Gasteiger partial charge is 0.456 e. The van der Waals surface area contributed by atoms with Gasteiger partial charge >= 0.3 is 0 Å². The van der Waals surface area contributed by atoms with Crippen LogP contribution in [0.3, 0.4) is 0 Å². The van der Waals surface area contributed by atoms with Crippen LogP contribution in [0.4, 0.5) is 0 Å². The number of furan rings is 1. The number of aromatic amines is 3. The minimum atomic E-state index is -0.103. The maximum atomic E-state index is 6.02. The van der Waals surface area contributed by atoms with Gasteiger partial charge in [-0.2, -0.15) is 15.3 Å². The number of fused-ring (bicyclic) bond motifs is 27. The number of aromatic nitrogens is 11. The average Bonchev–Trinajstić information content (AvgIpc) is 1.90. The van der Waals surface area contributed by atoms with E-state index < -0.39 is 0 Å². The van der Waals surface area contributed by atoms with Crippen LogP contribution in [0.2, 0.25) is 0 Å². The van der Waals surface area contributed by atoms with Gasteiger partial charge in [0.15, 0.2) is 18.4 Å². The zero-order valence-corrected chi connectivity index (χ0v) is 48.0. The predicted octanol–water partition coefficient (Wildman–Crippen LogP) is 18.9. The number of H-pyrrole nitrogens is 3. The first-order valence-electron chi connectivity index (χ1n) is 28.7. The van der Waals surface area contributed by atoms with Crippen LogP contribution in [0.1, 0.15) is 25.2 Å². The standard InChI is InChI=1S/C23H13NO.C23H13NS.C10H7N3.C9H9N3O.C8H5N3O/c2*1-2-6-15-14(5-1)13-24-23-17(15)10-9-16-18(23)11-12-21-22(16)19-7-3-4-8-20(19)25-21;1-2-7-3-4-8-6-12-13-10(8)9(7)11-5-1;1-9(2)5-3-11-12-6(5)7-8(9)13-4-10-7;1-2-6-8(9-4-12-6)7-5(1)3-10-11-7/h2*1-13H;1-6H,(H,12,13);3-4H,1-2H3,(H,11,12);1-4H,(H,10,11). The van der Waals surface area contributed by atoms with Crippen LogP contribution in [0.5, 0.6) is 0 Å². The van der Waals surface area contributed by atoms with Crippen LogP contribution in [0, 0.1) is 0 Å². The third-order valence-corrected chi connectivity index (χ3v) is 18.1. The third-order valence-electron chi connectivity index (χ3n) is 17.0. The molecule has 88 heavy (non-hydrogen) atoms. The molecule has 0 fully saturated rings. The van der Waals surface area contributed by atoms with Crippen molar-refractivity contribution in [2.24, 2.45) is 0 Å². The molecule has 0 spiro atoms. The Kier molecular flexibility index (Phi) is 11.7. The van der Waals surface area contributed by atoms with Gasteiger partial charge in [0.2, 0.25) is 0 Å². The van der Waals surface area contributed by atoms with Crippen LogP contribution in [-0.4, -0.2) is 55.5 Å². The molecule has 0 bridgehead atoms. The van der Waals surface area contributed by atoms with E-state index in [4.69, 9.17) is 23.2 Å². The number of nitrogens with one attached hydrogen (secondary N) is 3. The fourth-order valence-corrected chi connectivity index (χ4v) is 13.9. The summed E-state index contributed by atoms with van der Waals surface area (Å²) in [6.07, 6.45) is 14.1. The molecule has 20 aromatic rings. The van der Waals surface area contributed by atoms with Gasteiger partial charge in [-0.3, -0.25) is 30.2 Å². The summed E-state index contributed by atoms with van der Waals surface area (Å²) in [7, 11) is 0. The van der Waals surface area contributed by atoms with E-state index in [1.165, 1.54) is 92.2 Å². The molecule has 0 aliphatic heterocycles. The Bertz CT molecular complexity index is 5790. The second-order valence-corrected chi connectivity index (χ2v) is 23.3. The third kappa shape index (κ3) is 8.16. The summed E-state index contributed by atoms with van der Waals surface area (Å²) in [5.74, 6) is 0.927. The molecule has 0 atom stereocenters. The van der Waals surface area contributed by atoms with E-state index in [1.54, 1.807) is 12.4 Å². The topological polar surface area (TPSA) is 190 Å². The van der Waals surface area contributed by atoms with Crippen molar-refractivity contribution in [3.63, 3.8) is 0 Å². The molecular weight excluding hydrogens is 1110 g/mol. The minimum absolute atomic E-state index is 0.103. The van der Waals surface area contributed by atoms with Crippen LogP contribution in [0.25, 0.3) is 162 Å². The van der Waals surface area contributed by atoms with Gasteiger partial charge in [-0.25, -0.2) is 9.97 Å². The quantitative estimate of drug-likeness (QED) is 0.123. The molecule has 14 nitrogen and oxygen atoms in total. The van der Waals surface area contributed by atoms with Gasteiger partial charge in [0.05, 0.1) is 57.3 Å². The summed E-state index contributed by atoms with van der Waals surface area (Å²) >= 11 is 1.86. The van der Waals surface area contributed by atoms with E-state index in [9.17, 15) is 0 Å². The van der Waals surface area contributed by atoms with Crippen molar-refractivity contribution in [2.45, 2.75) is 19.3 Å². The van der Waals surface area contributed by atoms with Crippen molar-refractivity contribution in [1.82, 2.24) is 55.5 Å². The first-order valence-corrected chi connectivity index (χ1v) is 29.5. The first kappa shape index (κ1) is 50.8. The minimum Gasteiger partial charge on any atom is -0.456 e. The summed E-state index contributed by atoms with van der Waals surface area (Å²) in [5.41, 5.74) is 11.5. The number of hydrogen-bond donors (Lipinski definition) is 3. The summed E-state index contributed by atoms with van der Waals surface area (Å²) in [6, 6.07) is 63.3. The molecule has 0 saturated heterocycles. The number of hydrogen-bond acceptors (Lipinski definition) is 12. The zero-order valence-electron chi connectivity index (χ0n) is 47.2. The smallest absolute Gasteiger partial charge is 0.182 e. The Balaban J connectivity index is 0.0000000888. The first-order chi connectivity index (χ1) is 43.4. The van der Waals surface area contributed by atoms with E-state index >= 15 is 0 Å². The van der Waals surface area contributed by atoms with Gasteiger partial charge in [-0.15, -0.1) is 11.3 Å². The van der Waals surface area contributed by atoms with Gasteiger partial charge in [-0.05, 0) is 83.9 Å². The average molecular weight is 1160 g/mol. The maximum Gasteiger partial charge on any atom is 0.182 e. The van der Waals surface area contributed by atoms with Gasteiger partial charge in [-0.1, -0.05) is 133 Å². The molecule has 3 N–H and O–H groups in total. The van der Waals surface area contributed by atoms with Gasteiger partial charge in [0, 0.05) is 104 Å². The maximum absolute atomic E-state index is 6.02. The lowest BCUT2D eigenvalue weighted by Crippen LogP contribution is -2.13. The van der Waals surface area contributed by atoms with E-state index in [0.29, 0.717) is 0 Å². The van der Waals surface area contributed by atoms with Crippen molar-refractivity contribution in [2.75, 3.05) is 0 Å². The van der Waals surface area contributed by atoms with Gasteiger partial charge in [0.25, 0.3) is 0 Å². The number of benzene rings is 10. The molecule has 0 saturated carbocycles. The molecule has 10 aromatic carbocycles. The number of pyridine rings is 3. The van der Waals surface area contributed by atoms with Crippen LogP contribution >= 0.6 is 11.3 Å². The molecule has 10 heterocycles. The molecule has 0 unspecified atom stereocenters. The highest BCUT2D eigenvalue weighted by molar-refractivity contribution is 7.26. The predicted molar refractivity (Wildman–Crippen MR) is 355 cm³/mol. The van der Waals surface area contributed by atoms with Crippen molar-refractivity contribution in [1.29, 1.82) is 0 Å². The Morgan fingerprint density at radius 1 is 0.364 bits per heavy atom. The van der Waals surface area contributed by atoms with Crippen LogP contribution < -0.4 is 0 Å². The highest BCUT2D eigenvalue weighted by atomic mass is 32.1. The fraction of sp³-hybridized carbons (Fsp3) is 0.0411. The van der Waals surface area contributed by atoms with Crippen LogP contribution in [0.15, 0.2) is 245 Å². The second kappa shape index (κ2) is 20.3. The van der Waals surface area contributed by atoms with E-state index in [0.717, 1.165) is 94.1 Å². The Morgan fingerprint density at radius 2 is 0.932 bits per heavy atom. The molecule has 10 aromatic heterocycles. The Morgan fingerprint density at radius 3 is 1.69 bits per heavy atom. The lowest BCUT2D eigenvalue weighted by molar-refractivity contribution is 0.435. The molecule has 21 rings (SSSR count). The summed E-state index contributed by atoms with van der Waals surface area (Å²) in [5, 5.41) is 41.2. The highest BCUT2D eigenvalue weighted by Crippen LogP contribution is 2.47. The lowest BCUT2D eigenvalue weighted by atomic mass is 9.88. The summed E-state index contributed by atoms with van der Waals surface area (Å²) < 4.78 is 19.2. The molecule has 1 aliphatic carbocycles.